The first kappa shape index (κ1) is 13.1. The van der Waals surface area contributed by atoms with Gasteiger partial charge in [-0.15, -0.1) is 0 Å². The molecule has 0 aliphatic carbocycles. The first-order valence-corrected chi connectivity index (χ1v) is 6.64. The summed E-state index contributed by atoms with van der Waals surface area (Å²) in [6.07, 6.45) is 2.13. The molecule has 1 atom stereocenters. The lowest BCUT2D eigenvalue weighted by atomic mass is 10.2. The summed E-state index contributed by atoms with van der Waals surface area (Å²) >= 11 is 0. The number of hydrogen-bond donors (Lipinski definition) is 2. The van der Waals surface area contributed by atoms with E-state index in [1.165, 1.54) is 0 Å². The number of anilines is 2. The van der Waals surface area contributed by atoms with Gasteiger partial charge in [0.15, 0.2) is 0 Å². The maximum atomic E-state index is 5.37. The maximum Gasteiger partial charge on any atom is 0.135 e. The predicted molar refractivity (Wildman–Crippen MR) is 73.1 cm³/mol. The second-order valence-electron chi connectivity index (χ2n) is 4.72. The molecule has 18 heavy (non-hydrogen) atoms. The van der Waals surface area contributed by atoms with Gasteiger partial charge in [0.1, 0.15) is 17.5 Å². The summed E-state index contributed by atoms with van der Waals surface area (Å²) in [5.41, 5.74) is 1.08. The molecule has 0 spiro atoms. The highest BCUT2D eigenvalue weighted by atomic mass is 16.5. The summed E-state index contributed by atoms with van der Waals surface area (Å²) in [7, 11) is 0. The lowest BCUT2D eigenvalue weighted by molar-refractivity contribution is 0.195. The molecule has 0 bridgehead atoms. The van der Waals surface area contributed by atoms with Gasteiger partial charge in [0.25, 0.3) is 0 Å². The summed E-state index contributed by atoms with van der Waals surface area (Å²) in [6.45, 7) is 8.65. The fourth-order valence-electron chi connectivity index (χ4n) is 2.03. The Bertz CT molecular complexity index is 402. The molecule has 1 aromatic heterocycles. The first-order valence-electron chi connectivity index (χ1n) is 6.64. The van der Waals surface area contributed by atoms with Crippen molar-refractivity contribution < 1.29 is 4.74 Å². The van der Waals surface area contributed by atoms with Gasteiger partial charge in [-0.3, -0.25) is 0 Å². The van der Waals surface area contributed by atoms with Crippen molar-refractivity contribution >= 4 is 11.6 Å². The smallest absolute Gasteiger partial charge is 0.135 e. The topological polar surface area (TPSA) is 59.1 Å². The average Bonchev–Trinajstić information content (AvgIpc) is 2.84. The van der Waals surface area contributed by atoms with Crippen molar-refractivity contribution in [2.75, 3.05) is 30.4 Å². The van der Waals surface area contributed by atoms with Crippen LogP contribution < -0.4 is 10.6 Å². The van der Waals surface area contributed by atoms with Crippen LogP contribution in [-0.2, 0) is 4.74 Å². The molecule has 0 radical (unpaired) electrons. The SMILES string of the molecule is CCCNc1nc(C)nc(NC2CCOC2)c1C. The fourth-order valence-corrected chi connectivity index (χ4v) is 2.03. The molecule has 1 aromatic rings. The number of aryl methyl sites for hydroxylation is 1. The van der Waals surface area contributed by atoms with E-state index < -0.39 is 0 Å². The minimum absolute atomic E-state index is 0.372. The Labute approximate surface area is 108 Å². The highest BCUT2D eigenvalue weighted by Gasteiger charge is 2.18. The van der Waals surface area contributed by atoms with Gasteiger partial charge in [-0.1, -0.05) is 6.92 Å². The Morgan fingerprint density at radius 2 is 2.06 bits per heavy atom. The zero-order valence-corrected chi connectivity index (χ0v) is 11.4. The molecule has 5 nitrogen and oxygen atoms in total. The summed E-state index contributed by atoms with van der Waals surface area (Å²) in [4.78, 5) is 8.94. The Morgan fingerprint density at radius 3 is 2.72 bits per heavy atom. The normalized spacial score (nSPS) is 18.9. The molecule has 1 fully saturated rings. The van der Waals surface area contributed by atoms with Gasteiger partial charge in [-0.25, -0.2) is 9.97 Å². The second kappa shape index (κ2) is 6.00. The number of ether oxygens (including phenoxy) is 1. The maximum absolute atomic E-state index is 5.37. The van der Waals surface area contributed by atoms with Gasteiger partial charge in [0.05, 0.1) is 12.6 Å². The third-order valence-electron chi connectivity index (χ3n) is 3.07. The molecule has 0 saturated carbocycles. The number of aromatic nitrogens is 2. The molecule has 0 aromatic carbocycles. The molecule has 5 heteroatoms. The molecule has 1 aliphatic heterocycles. The summed E-state index contributed by atoms with van der Waals surface area (Å²) in [6, 6.07) is 0.372. The minimum atomic E-state index is 0.372. The lowest BCUT2D eigenvalue weighted by Crippen LogP contribution is -2.21. The Hall–Kier alpha value is -1.36. The van der Waals surface area contributed by atoms with Crippen molar-refractivity contribution in [3.05, 3.63) is 11.4 Å². The van der Waals surface area contributed by atoms with Crippen LogP contribution in [0.1, 0.15) is 31.2 Å². The van der Waals surface area contributed by atoms with Crippen molar-refractivity contribution in [3.63, 3.8) is 0 Å². The zero-order valence-electron chi connectivity index (χ0n) is 11.4. The van der Waals surface area contributed by atoms with Crippen LogP contribution in [0.25, 0.3) is 0 Å². The van der Waals surface area contributed by atoms with E-state index >= 15 is 0 Å². The van der Waals surface area contributed by atoms with Crippen LogP contribution in [0.5, 0.6) is 0 Å². The van der Waals surface area contributed by atoms with Gasteiger partial charge >= 0.3 is 0 Å². The number of nitrogens with zero attached hydrogens (tertiary/aromatic N) is 2. The fraction of sp³-hybridized carbons (Fsp3) is 0.692. The van der Waals surface area contributed by atoms with Crippen LogP contribution in [0.2, 0.25) is 0 Å². The number of rotatable bonds is 5. The molecule has 100 valence electrons. The van der Waals surface area contributed by atoms with E-state index in [-0.39, 0.29) is 0 Å². The third kappa shape index (κ3) is 3.10. The van der Waals surface area contributed by atoms with Crippen LogP contribution in [0.15, 0.2) is 0 Å². The Balaban J connectivity index is 2.14. The standard InChI is InChI=1S/C13H22N4O/c1-4-6-14-12-9(2)13(16-10(3)15-12)17-11-5-7-18-8-11/h11H,4-8H2,1-3H3,(H2,14,15,16,17). The van der Waals surface area contributed by atoms with E-state index in [4.69, 9.17) is 4.74 Å². The third-order valence-corrected chi connectivity index (χ3v) is 3.07. The van der Waals surface area contributed by atoms with E-state index in [1.807, 2.05) is 6.92 Å². The Kier molecular flexibility index (Phi) is 4.36. The monoisotopic (exact) mass is 250 g/mol. The van der Waals surface area contributed by atoms with Crippen LogP contribution in [-0.4, -0.2) is 35.8 Å². The molecule has 2 heterocycles. The van der Waals surface area contributed by atoms with Crippen molar-refractivity contribution in [1.29, 1.82) is 0 Å². The van der Waals surface area contributed by atoms with Gasteiger partial charge < -0.3 is 15.4 Å². The quantitative estimate of drug-likeness (QED) is 0.838. The van der Waals surface area contributed by atoms with Gasteiger partial charge in [0, 0.05) is 18.7 Å². The van der Waals surface area contributed by atoms with Gasteiger partial charge in [-0.05, 0) is 26.7 Å². The van der Waals surface area contributed by atoms with E-state index in [2.05, 4.69) is 34.4 Å². The molecule has 2 rings (SSSR count). The van der Waals surface area contributed by atoms with Gasteiger partial charge in [-0.2, -0.15) is 0 Å². The summed E-state index contributed by atoms with van der Waals surface area (Å²) in [5.74, 6) is 2.66. The van der Waals surface area contributed by atoms with Crippen LogP contribution >= 0.6 is 0 Å². The summed E-state index contributed by atoms with van der Waals surface area (Å²) in [5, 5.41) is 6.80. The average molecular weight is 250 g/mol. The highest BCUT2D eigenvalue weighted by Crippen LogP contribution is 2.22. The van der Waals surface area contributed by atoms with Crippen molar-refractivity contribution in [2.24, 2.45) is 0 Å². The van der Waals surface area contributed by atoms with Crippen molar-refractivity contribution in [1.82, 2.24) is 9.97 Å². The van der Waals surface area contributed by atoms with Crippen LogP contribution in [0.4, 0.5) is 11.6 Å². The first-order chi connectivity index (χ1) is 8.70. The molecule has 1 saturated heterocycles. The number of nitrogens with one attached hydrogen (secondary N) is 2. The van der Waals surface area contributed by atoms with E-state index in [1.54, 1.807) is 0 Å². The molecular formula is C13H22N4O. The molecular weight excluding hydrogens is 228 g/mol. The lowest BCUT2D eigenvalue weighted by Gasteiger charge is -2.16. The van der Waals surface area contributed by atoms with E-state index in [9.17, 15) is 0 Å². The highest BCUT2D eigenvalue weighted by molar-refractivity contribution is 5.57. The second-order valence-corrected chi connectivity index (χ2v) is 4.72. The molecule has 1 unspecified atom stereocenters. The van der Waals surface area contributed by atoms with E-state index in [0.717, 1.165) is 55.6 Å². The minimum Gasteiger partial charge on any atom is -0.379 e. The Morgan fingerprint density at radius 1 is 1.28 bits per heavy atom. The van der Waals surface area contributed by atoms with Crippen molar-refractivity contribution in [3.8, 4) is 0 Å². The molecule has 1 aliphatic rings. The molecule has 2 N–H and O–H groups in total. The van der Waals surface area contributed by atoms with E-state index in [0.29, 0.717) is 6.04 Å². The predicted octanol–water partition coefficient (Wildman–Crippen LogP) is 2.12. The number of hydrogen-bond acceptors (Lipinski definition) is 5. The van der Waals surface area contributed by atoms with Crippen molar-refractivity contribution in [2.45, 2.75) is 39.7 Å². The summed E-state index contributed by atoms with van der Waals surface area (Å²) < 4.78 is 5.37. The largest absolute Gasteiger partial charge is 0.379 e. The zero-order chi connectivity index (χ0) is 13.0. The van der Waals surface area contributed by atoms with Crippen LogP contribution in [0, 0.1) is 13.8 Å². The van der Waals surface area contributed by atoms with Crippen LogP contribution in [0.3, 0.4) is 0 Å². The van der Waals surface area contributed by atoms with Gasteiger partial charge in [0.2, 0.25) is 0 Å². The molecule has 0 amide bonds.